The normalized spacial score (nSPS) is 13.6. The molecular weight excluding hydrogens is 435 g/mol. The maximum atomic E-state index is 12.0. The summed E-state index contributed by atoms with van der Waals surface area (Å²) in [5.41, 5.74) is 0. The van der Waals surface area contributed by atoms with Gasteiger partial charge in [-0.2, -0.15) is 0 Å². The fourth-order valence-corrected chi connectivity index (χ4v) is 3.94. The molecule has 0 aliphatic heterocycles. The van der Waals surface area contributed by atoms with E-state index in [2.05, 4.69) is 29.5 Å². The maximum Gasteiger partial charge on any atom is 0.252 e. The zero-order valence-corrected chi connectivity index (χ0v) is 17.5. The highest BCUT2D eigenvalue weighted by Crippen LogP contribution is 2.23. The van der Waals surface area contributed by atoms with Gasteiger partial charge in [-0.1, -0.05) is 6.92 Å². The van der Waals surface area contributed by atoms with Crippen molar-refractivity contribution in [3.8, 4) is 0 Å². The van der Waals surface area contributed by atoms with E-state index in [9.17, 15) is 8.42 Å². The highest BCUT2D eigenvalue weighted by Gasteiger charge is 2.19. The maximum absolute atomic E-state index is 12.0. The zero-order valence-electron chi connectivity index (χ0n) is 13.6. The van der Waals surface area contributed by atoms with E-state index in [-0.39, 0.29) is 24.0 Å². The van der Waals surface area contributed by atoms with Gasteiger partial charge in [-0.15, -0.1) is 35.3 Å². The van der Waals surface area contributed by atoms with E-state index >= 15 is 0 Å². The molecule has 0 saturated carbocycles. The van der Waals surface area contributed by atoms with Crippen molar-refractivity contribution in [2.24, 2.45) is 4.99 Å². The van der Waals surface area contributed by atoms with Crippen molar-refractivity contribution < 1.29 is 8.42 Å². The lowest BCUT2D eigenvalue weighted by Gasteiger charge is -2.15. The zero-order chi connectivity index (χ0) is 16.0. The van der Waals surface area contributed by atoms with Crippen LogP contribution in [0.2, 0.25) is 0 Å². The lowest BCUT2D eigenvalue weighted by molar-refractivity contribution is 0.523. The van der Waals surface area contributed by atoms with Gasteiger partial charge in [-0.05, 0) is 25.5 Å². The molecule has 0 radical (unpaired) electrons. The Bertz CT molecular complexity index is 585. The first-order valence-electron chi connectivity index (χ1n) is 6.79. The number of thiophene rings is 1. The number of halogens is 1. The van der Waals surface area contributed by atoms with E-state index in [0.717, 1.165) is 17.3 Å². The molecule has 0 aromatic carbocycles. The van der Waals surface area contributed by atoms with Crippen molar-refractivity contribution in [3.63, 3.8) is 0 Å². The van der Waals surface area contributed by atoms with Gasteiger partial charge in [0.25, 0.3) is 10.0 Å². The molecule has 0 saturated heterocycles. The summed E-state index contributed by atoms with van der Waals surface area (Å²) in [5, 5.41) is 6.44. The van der Waals surface area contributed by atoms with E-state index in [1.165, 1.54) is 29.7 Å². The quantitative estimate of drug-likeness (QED) is 0.388. The van der Waals surface area contributed by atoms with Crippen LogP contribution in [-0.2, 0) is 16.6 Å². The minimum Gasteiger partial charge on any atom is -0.354 e. The number of aliphatic imine (C=N–C) groups is 1. The standard InChI is InChI=1S/C13H24N4O2S2.HI/c1-6-10(2)16-13(14-3)15-9-11-7-8-12(20-11)21(18,19)17(4)5;/h7-8,10H,6,9H2,1-5H3,(H2,14,15,16);1H. The molecule has 0 amide bonds. The Morgan fingerprint density at radius 3 is 2.55 bits per heavy atom. The summed E-state index contributed by atoms with van der Waals surface area (Å²) in [6.45, 7) is 4.73. The first-order chi connectivity index (χ1) is 9.81. The van der Waals surface area contributed by atoms with Crippen molar-refractivity contribution in [2.75, 3.05) is 21.1 Å². The number of guanidine groups is 1. The molecule has 2 N–H and O–H groups in total. The van der Waals surface area contributed by atoms with Crippen LogP contribution in [-0.4, -0.2) is 45.9 Å². The van der Waals surface area contributed by atoms with Gasteiger partial charge in [-0.25, -0.2) is 12.7 Å². The van der Waals surface area contributed by atoms with E-state index in [1.54, 1.807) is 13.1 Å². The van der Waals surface area contributed by atoms with Crippen molar-refractivity contribution in [1.29, 1.82) is 0 Å². The van der Waals surface area contributed by atoms with Crippen LogP contribution in [0, 0.1) is 0 Å². The van der Waals surface area contributed by atoms with Gasteiger partial charge >= 0.3 is 0 Å². The highest BCUT2D eigenvalue weighted by molar-refractivity contribution is 14.0. The molecule has 9 heteroatoms. The molecule has 128 valence electrons. The van der Waals surface area contributed by atoms with Crippen LogP contribution in [0.25, 0.3) is 0 Å². The van der Waals surface area contributed by atoms with Gasteiger partial charge in [0.05, 0.1) is 6.54 Å². The smallest absolute Gasteiger partial charge is 0.252 e. The summed E-state index contributed by atoms with van der Waals surface area (Å²) in [5.74, 6) is 0.717. The average Bonchev–Trinajstić information content (AvgIpc) is 2.92. The van der Waals surface area contributed by atoms with E-state index in [4.69, 9.17) is 0 Å². The van der Waals surface area contributed by atoms with Crippen molar-refractivity contribution >= 4 is 51.3 Å². The minimum absolute atomic E-state index is 0. The largest absolute Gasteiger partial charge is 0.354 e. The summed E-state index contributed by atoms with van der Waals surface area (Å²) < 4.78 is 25.6. The number of nitrogens with one attached hydrogen (secondary N) is 2. The first-order valence-corrected chi connectivity index (χ1v) is 9.05. The van der Waals surface area contributed by atoms with Crippen LogP contribution in [0.4, 0.5) is 0 Å². The van der Waals surface area contributed by atoms with Crippen LogP contribution < -0.4 is 10.6 Å². The average molecular weight is 460 g/mol. The highest BCUT2D eigenvalue weighted by atomic mass is 127. The molecule has 1 rings (SSSR count). The molecule has 1 unspecified atom stereocenters. The topological polar surface area (TPSA) is 73.8 Å². The molecule has 1 aromatic rings. The molecule has 1 atom stereocenters. The molecule has 1 aromatic heterocycles. The number of rotatable bonds is 6. The predicted molar refractivity (Wildman–Crippen MR) is 104 cm³/mol. The molecular formula is C13H25IN4O2S2. The molecule has 1 heterocycles. The Morgan fingerprint density at radius 1 is 1.41 bits per heavy atom. The minimum atomic E-state index is -3.34. The molecule has 0 fully saturated rings. The lowest BCUT2D eigenvalue weighted by Crippen LogP contribution is -2.41. The SMILES string of the molecule is CCC(C)NC(=NC)NCc1ccc(S(=O)(=O)N(C)C)s1.I. The van der Waals surface area contributed by atoms with Gasteiger partial charge in [0.15, 0.2) is 5.96 Å². The number of nitrogens with zero attached hydrogens (tertiary/aromatic N) is 2. The van der Waals surface area contributed by atoms with Crippen LogP contribution in [0.5, 0.6) is 0 Å². The fraction of sp³-hybridized carbons (Fsp3) is 0.615. The Hall–Kier alpha value is -0.390. The molecule has 0 aliphatic carbocycles. The van der Waals surface area contributed by atoms with Crippen LogP contribution in [0.3, 0.4) is 0 Å². The molecule has 22 heavy (non-hydrogen) atoms. The van der Waals surface area contributed by atoms with Gasteiger partial charge in [0, 0.05) is 32.1 Å². The second-order valence-corrected chi connectivity index (χ2v) is 8.43. The van der Waals surface area contributed by atoms with E-state index < -0.39 is 10.0 Å². The number of hydrogen-bond donors (Lipinski definition) is 2. The number of sulfonamides is 1. The fourth-order valence-electron chi connectivity index (χ4n) is 1.47. The summed E-state index contributed by atoms with van der Waals surface area (Å²) in [4.78, 5) is 5.09. The first kappa shape index (κ1) is 21.6. The Kier molecular flexibility index (Phi) is 9.51. The van der Waals surface area contributed by atoms with Gasteiger partial charge in [-0.3, -0.25) is 4.99 Å². The van der Waals surface area contributed by atoms with Gasteiger partial charge < -0.3 is 10.6 Å². The van der Waals surface area contributed by atoms with Crippen LogP contribution >= 0.6 is 35.3 Å². The Morgan fingerprint density at radius 2 is 2.05 bits per heavy atom. The predicted octanol–water partition coefficient (Wildman–Crippen LogP) is 2.08. The van der Waals surface area contributed by atoms with Crippen molar-refractivity contribution in [2.45, 2.75) is 37.1 Å². The summed E-state index contributed by atoms with van der Waals surface area (Å²) >= 11 is 1.27. The molecule has 0 aliphatic rings. The summed E-state index contributed by atoms with van der Waals surface area (Å²) in [6, 6.07) is 3.80. The summed E-state index contributed by atoms with van der Waals surface area (Å²) in [6.07, 6.45) is 1.00. The van der Waals surface area contributed by atoms with Crippen LogP contribution in [0.15, 0.2) is 21.3 Å². The molecule has 6 nitrogen and oxygen atoms in total. The molecule has 0 bridgehead atoms. The van der Waals surface area contributed by atoms with Gasteiger partial charge in [0.2, 0.25) is 0 Å². The Labute approximate surface area is 154 Å². The molecule has 0 spiro atoms. The van der Waals surface area contributed by atoms with Crippen molar-refractivity contribution in [1.82, 2.24) is 14.9 Å². The third-order valence-corrected chi connectivity index (χ3v) is 6.39. The Balaban J connectivity index is 0.00000441. The summed E-state index contributed by atoms with van der Waals surface area (Å²) in [7, 11) is 1.44. The van der Waals surface area contributed by atoms with E-state index in [0.29, 0.717) is 16.8 Å². The van der Waals surface area contributed by atoms with Crippen LogP contribution in [0.1, 0.15) is 25.1 Å². The van der Waals surface area contributed by atoms with E-state index in [1.807, 2.05) is 6.07 Å². The van der Waals surface area contributed by atoms with Gasteiger partial charge in [0.1, 0.15) is 4.21 Å². The van der Waals surface area contributed by atoms with Crippen molar-refractivity contribution in [3.05, 3.63) is 17.0 Å². The third kappa shape index (κ3) is 6.01. The second kappa shape index (κ2) is 9.68. The monoisotopic (exact) mass is 460 g/mol. The third-order valence-electron chi connectivity index (χ3n) is 3.02. The second-order valence-electron chi connectivity index (χ2n) is 4.89. The number of hydrogen-bond acceptors (Lipinski definition) is 4. The lowest BCUT2D eigenvalue weighted by atomic mass is 10.3.